The molecule has 1 N–H and O–H groups in total. The Morgan fingerprint density at radius 3 is 2.41 bits per heavy atom. The van der Waals surface area contributed by atoms with Crippen LogP contribution in [-0.2, 0) is 20.9 Å². The summed E-state index contributed by atoms with van der Waals surface area (Å²) in [5.74, 6) is -0.0810. The molecule has 1 aliphatic heterocycles. The number of carbonyl (C=O) groups is 4. The number of imide groups is 1. The molecule has 0 spiro atoms. The summed E-state index contributed by atoms with van der Waals surface area (Å²) in [5.41, 5.74) is 2.77. The van der Waals surface area contributed by atoms with E-state index in [1.165, 1.54) is 17.7 Å². The first-order chi connectivity index (χ1) is 18.8. The van der Waals surface area contributed by atoms with Gasteiger partial charge in [-0.15, -0.1) is 0 Å². The lowest BCUT2D eigenvalue weighted by atomic mass is 10.0. The van der Waals surface area contributed by atoms with Crippen LogP contribution in [0.2, 0.25) is 0 Å². The number of hydrogen-bond acceptors (Lipinski definition) is 6. The van der Waals surface area contributed by atoms with Crippen molar-refractivity contribution < 1.29 is 19.2 Å². The van der Waals surface area contributed by atoms with Gasteiger partial charge in [0.05, 0.1) is 22.7 Å². The molecule has 2 fully saturated rings. The van der Waals surface area contributed by atoms with Crippen molar-refractivity contribution in [2.75, 3.05) is 23.8 Å². The highest BCUT2D eigenvalue weighted by molar-refractivity contribution is 6.04. The molecule has 200 valence electrons. The molecule has 0 unspecified atom stereocenters. The second-order valence-electron chi connectivity index (χ2n) is 10.1. The summed E-state index contributed by atoms with van der Waals surface area (Å²) in [5, 5.41) is 11.9. The molecule has 10 nitrogen and oxygen atoms in total. The Morgan fingerprint density at radius 2 is 1.74 bits per heavy atom. The van der Waals surface area contributed by atoms with Crippen LogP contribution in [0.15, 0.2) is 42.5 Å². The minimum absolute atomic E-state index is 0.0566. The number of amides is 4. The topological polar surface area (TPSA) is 128 Å². The van der Waals surface area contributed by atoms with Crippen molar-refractivity contribution in [1.29, 1.82) is 5.26 Å². The molecule has 1 saturated carbocycles. The number of anilines is 2. The van der Waals surface area contributed by atoms with Crippen LogP contribution < -0.4 is 10.2 Å². The SMILES string of the molecule is CN(C(=O)CC1CCCC1)c1ccc2c(c1)nc(NC(=O)c1ccc(C#N)cc1)n2CCN1C(=O)CCC1=O. The quantitative estimate of drug-likeness (QED) is 0.444. The highest BCUT2D eigenvalue weighted by Gasteiger charge is 2.29. The lowest BCUT2D eigenvalue weighted by molar-refractivity contribution is -0.138. The van der Waals surface area contributed by atoms with Crippen LogP contribution in [-0.4, -0.2) is 51.7 Å². The first kappa shape index (κ1) is 26.1. The predicted octanol–water partition coefficient (Wildman–Crippen LogP) is 3.85. The van der Waals surface area contributed by atoms with Gasteiger partial charge in [-0.25, -0.2) is 4.98 Å². The molecule has 2 aliphatic rings. The Kier molecular flexibility index (Phi) is 7.41. The maximum Gasteiger partial charge on any atom is 0.257 e. The zero-order chi connectivity index (χ0) is 27.5. The van der Waals surface area contributed by atoms with Crippen molar-refractivity contribution in [3.8, 4) is 6.07 Å². The molecule has 1 saturated heterocycles. The molecule has 0 radical (unpaired) electrons. The van der Waals surface area contributed by atoms with E-state index in [4.69, 9.17) is 5.26 Å². The first-order valence-electron chi connectivity index (χ1n) is 13.3. The summed E-state index contributed by atoms with van der Waals surface area (Å²) in [6, 6.07) is 13.8. The smallest absolute Gasteiger partial charge is 0.257 e. The maximum atomic E-state index is 13.0. The van der Waals surface area contributed by atoms with Crippen molar-refractivity contribution >= 4 is 46.3 Å². The molecule has 10 heteroatoms. The van der Waals surface area contributed by atoms with Gasteiger partial charge in [0.2, 0.25) is 23.7 Å². The van der Waals surface area contributed by atoms with Gasteiger partial charge in [-0.05, 0) is 61.2 Å². The number of rotatable bonds is 8. The van der Waals surface area contributed by atoms with Gasteiger partial charge in [-0.3, -0.25) is 29.4 Å². The van der Waals surface area contributed by atoms with Gasteiger partial charge in [0.1, 0.15) is 0 Å². The van der Waals surface area contributed by atoms with Gasteiger partial charge < -0.3 is 9.47 Å². The van der Waals surface area contributed by atoms with E-state index in [1.807, 2.05) is 24.3 Å². The van der Waals surface area contributed by atoms with Crippen LogP contribution in [0, 0.1) is 17.2 Å². The van der Waals surface area contributed by atoms with Crippen LogP contribution >= 0.6 is 0 Å². The third kappa shape index (κ3) is 5.53. The Bertz CT molecular complexity index is 1460. The van der Waals surface area contributed by atoms with E-state index in [-0.39, 0.29) is 49.6 Å². The van der Waals surface area contributed by atoms with E-state index in [2.05, 4.69) is 10.3 Å². The summed E-state index contributed by atoms with van der Waals surface area (Å²) in [7, 11) is 1.76. The summed E-state index contributed by atoms with van der Waals surface area (Å²) >= 11 is 0. The minimum atomic E-state index is -0.409. The summed E-state index contributed by atoms with van der Waals surface area (Å²) < 4.78 is 1.76. The van der Waals surface area contributed by atoms with Gasteiger partial charge in [0, 0.05) is 50.7 Å². The Balaban J connectivity index is 1.42. The second-order valence-corrected chi connectivity index (χ2v) is 10.1. The van der Waals surface area contributed by atoms with E-state index in [0.29, 0.717) is 40.2 Å². The number of benzene rings is 2. The largest absolute Gasteiger partial charge is 0.315 e. The molecule has 1 aliphatic carbocycles. The molecule has 0 bridgehead atoms. The van der Waals surface area contributed by atoms with Crippen molar-refractivity contribution in [1.82, 2.24) is 14.5 Å². The van der Waals surface area contributed by atoms with Crippen LogP contribution in [0.4, 0.5) is 11.6 Å². The maximum absolute atomic E-state index is 13.0. The number of nitrogens with zero attached hydrogens (tertiary/aromatic N) is 5. The molecule has 2 heterocycles. The number of likely N-dealkylation sites (tertiary alicyclic amines) is 1. The van der Waals surface area contributed by atoms with E-state index in [9.17, 15) is 19.2 Å². The van der Waals surface area contributed by atoms with Crippen molar-refractivity contribution in [2.45, 2.75) is 51.5 Å². The fraction of sp³-hybridized carbons (Fsp3) is 0.379. The second kappa shape index (κ2) is 11.1. The van der Waals surface area contributed by atoms with Crippen LogP contribution in [0.1, 0.15) is 60.9 Å². The summed E-state index contributed by atoms with van der Waals surface area (Å²) in [6.45, 7) is 0.400. The van der Waals surface area contributed by atoms with Crippen molar-refractivity contribution in [2.24, 2.45) is 5.92 Å². The molecule has 3 aromatic rings. The van der Waals surface area contributed by atoms with E-state index >= 15 is 0 Å². The minimum Gasteiger partial charge on any atom is -0.315 e. The van der Waals surface area contributed by atoms with E-state index in [0.717, 1.165) is 12.8 Å². The molecule has 1 aromatic heterocycles. The van der Waals surface area contributed by atoms with Crippen LogP contribution in [0.5, 0.6) is 0 Å². The van der Waals surface area contributed by atoms with Gasteiger partial charge in [0.15, 0.2) is 0 Å². The fourth-order valence-corrected chi connectivity index (χ4v) is 5.33. The molecular weight excluding hydrogens is 496 g/mol. The Labute approximate surface area is 226 Å². The van der Waals surface area contributed by atoms with Crippen LogP contribution in [0.3, 0.4) is 0 Å². The normalized spacial score (nSPS) is 15.6. The van der Waals surface area contributed by atoms with Gasteiger partial charge in [-0.1, -0.05) is 12.8 Å². The number of imidazole rings is 1. The number of aromatic nitrogens is 2. The number of nitriles is 1. The molecule has 0 atom stereocenters. The van der Waals surface area contributed by atoms with Crippen molar-refractivity contribution in [3.63, 3.8) is 0 Å². The van der Waals surface area contributed by atoms with Gasteiger partial charge in [-0.2, -0.15) is 5.26 Å². The lowest BCUT2D eigenvalue weighted by Gasteiger charge is -2.19. The average molecular weight is 527 g/mol. The highest BCUT2D eigenvalue weighted by atomic mass is 16.2. The fourth-order valence-electron chi connectivity index (χ4n) is 5.33. The molecule has 4 amide bonds. The number of nitrogens with one attached hydrogen (secondary N) is 1. The average Bonchev–Trinajstić information content (AvgIpc) is 3.66. The molecular formula is C29H30N6O4. The standard InChI is InChI=1S/C29H30N6O4/c1-33(27(38)16-19-4-2-3-5-19)22-10-11-24-23(17-22)31-29(32-28(39)21-8-6-20(18-30)7-9-21)34(24)14-15-35-25(36)12-13-26(35)37/h6-11,17,19H,2-5,12-16H2,1H3,(H,31,32,39). The summed E-state index contributed by atoms with van der Waals surface area (Å²) in [4.78, 5) is 57.8. The molecule has 5 rings (SSSR count). The van der Waals surface area contributed by atoms with Gasteiger partial charge in [0.25, 0.3) is 5.91 Å². The number of carbonyl (C=O) groups excluding carboxylic acids is 4. The predicted molar refractivity (Wildman–Crippen MR) is 145 cm³/mol. The zero-order valence-corrected chi connectivity index (χ0v) is 21.9. The number of fused-ring (bicyclic) bond motifs is 1. The monoisotopic (exact) mass is 526 g/mol. The number of hydrogen-bond donors (Lipinski definition) is 1. The Morgan fingerprint density at radius 1 is 1.05 bits per heavy atom. The van der Waals surface area contributed by atoms with E-state index in [1.54, 1.807) is 40.8 Å². The Hall–Kier alpha value is -4.52. The van der Waals surface area contributed by atoms with Crippen molar-refractivity contribution in [3.05, 3.63) is 53.6 Å². The first-order valence-corrected chi connectivity index (χ1v) is 13.3. The van der Waals surface area contributed by atoms with E-state index < -0.39 is 5.91 Å². The molecule has 39 heavy (non-hydrogen) atoms. The lowest BCUT2D eigenvalue weighted by Crippen LogP contribution is -2.32. The highest BCUT2D eigenvalue weighted by Crippen LogP contribution is 2.30. The van der Waals surface area contributed by atoms with Crippen LogP contribution in [0.25, 0.3) is 11.0 Å². The van der Waals surface area contributed by atoms with Gasteiger partial charge >= 0.3 is 0 Å². The third-order valence-electron chi connectivity index (χ3n) is 7.63. The zero-order valence-electron chi connectivity index (χ0n) is 21.9. The summed E-state index contributed by atoms with van der Waals surface area (Å²) in [6.07, 6.45) is 5.47. The third-order valence-corrected chi connectivity index (χ3v) is 7.63. The molecule has 2 aromatic carbocycles.